The first kappa shape index (κ1) is 10.6. The molecule has 0 fully saturated rings. The van der Waals surface area contributed by atoms with Gasteiger partial charge in [-0.05, 0) is 6.07 Å². The van der Waals surface area contributed by atoms with Crippen LogP contribution in [0.5, 0.6) is 0 Å². The summed E-state index contributed by atoms with van der Waals surface area (Å²) in [6, 6.07) is 1.56. The van der Waals surface area contributed by atoms with E-state index in [1.54, 1.807) is 6.07 Å². The molecule has 0 radical (unpaired) electrons. The van der Waals surface area contributed by atoms with Crippen LogP contribution < -0.4 is 5.32 Å². The van der Waals surface area contributed by atoms with Gasteiger partial charge in [-0.25, -0.2) is 0 Å². The van der Waals surface area contributed by atoms with E-state index in [4.69, 9.17) is 18.0 Å². The molecule has 1 aromatic rings. The first-order chi connectivity index (χ1) is 6.74. The van der Waals surface area contributed by atoms with Crippen molar-refractivity contribution in [2.24, 2.45) is 0 Å². The normalized spacial score (nSPS) is 9.14. The average molecular weight is 209 g/mol. The molecule has 72 valence electrons. The van der Waals surface area contributed by atoms with E-state index in [1.807, 2.05) is 0 Å². The van der Waals surface area contributed by atoms with Gasteiger partial charge in [0.25, 0.3) is 5.91 Å². The Kier molecular flexibility index (Phi) is 3.96. The van der Waals surface area contributed by atoms with E-state index >= 15 is 0 Å². The fourth-order valence-electron chi connectivity index (χ4n) is 0.886. The Balaban J connectivity index is 2.57. The summed E-state index contributed by atoms with van der Waals surface area (Å²) < 4.78 is 0. The second-order valence-corrected chi connectivity index (χ2v) is 3.04. The molecule has 0 unspecified atom stereocenters. The number of carbonyl (C=O) groups is 1. The summed E-state index contributed by atoms with van der Waals surface area (Å²) >= 11 is 5.68. The molecule has 0 spiro atoms. The van der Waals surface area contributed by atoms with Gasteiger partial charge in [0, 0.05) is 25.4 Å². The Morgan fingerprint density at radius 1 is 1.64 bits per heavy atom. The van der Waals surface area contributed by atoms with Crippen LogP contribution in [0.2, 0.25) is 5.02 Å². The molecule has 1 aromatic heterocycles. The Morgan fingerprint density at radius 3 is 3.07 bits per heavy atom. The van der Waals surface area contributed by atoms with E-state index < -0.39 is 0 Å². The van der Waals surface area contributed by atoms with Gasteiger partial charge in [0.1, 0.15) is 0 Å². The Labute approximate surface area is 87.5 Å². The van der Waals surface area contributed by atoms with Gasteiger partial charge in [-0.15, -0.1) is 12.3 Å². The third kappa shape index (κ3) is 3.08. The number of pyridine rings is 1. The fraction of sp³-hybridized carbons (Fsp3) is 0.200. The molecule has 0 aliphatic rings. The van der Waals surface area contributed by atoms with Crippen molar-refractivity contribution in [2.45, 2.75) is 6.42 Å². The zero-order valence-corrected chi connectivity index (χ0v) is 8.21. The molecule has 0 aliphatic heterocycles. The average Bonchev–Trinajstić information content (AvgIpc) is 2.18. The molecule has 0 bridgehead atoms. The van der Waals surface area contributed by atoms with Crippen LogP contribution in [0.1, 0.15) is 16.8 Å². The molecule has 1 heterocycles. The minimum Gasteiger partial charge on any atom is -0.351 e. The van der Waals surface area contributed by atoms with E-state index in [9.17, 15) is 4.79 Å². The van der Waals surface area contributed by atoms with E-state index in [2.05, 4.69) is 16.2 Å². The summed E-state index contributed by atoms with van der Waals surface area (Å²) in [5, 5.41) is 3.09. The van der Waals surface area contributed by atoms with Crippen LogP contribution in [0.25, 0.3) is 0 Å². The highest BCUT2D eigenvalue weighted by atomic mass is 35.5. The maximum Gasteiger partial charge on any atom is 0.252 e. The lowest BCUT2D eigenvalue weighted by Gasteiger charge is -2.02. The van der Waals surface area contributed by atoms with Crippen molar-refractivity contribution in [1.82, 2.24) is 10.3 Å². The molecule has 1 amide bonds. The maximum absolute atomic E-state index is 11.4. The van der Waals surface area contributed by atoms with Crippen molar-refractivity contribution in [3.8, 4) is 12.3 Å². The first-order valence-corrected chi connectivity index (χ1v) is 4.44. The minimum atomic E-state index is -0.213. The van der Waals surface area contributed by atoms with Gasteiger partial charge in [0.2, 0.25) is 0 Å². The lowest BCUT2D eigenvalue weighted by atomic mass is 10.2. The van der Waals surface area contributed by atoms with Crippen LogP contribution in [0.15, 0.2) is 18.5 Å². The summed E-state index contributed by atoms with van der Waals surface area (Å²) in [6.45, 7) is 0.460. The first-order valence-electron chi connectivity index (χ1n) is 4.06. The monoisotopic (exact) mass is 208 g/mol. The van der Waals surface area contributed by atoms with E-state index in [0.717, 1.165) is 0 Å². The summed E-state index contributed by atoms with van der Waals surface area (Å²) in [4.78, 5) is 15.2. The second kappa shape index (κ2) is 5.25. The lowest BCUT2D eigenvalue weighted by molar-refractivity contribution is 0.0954. The van der Waals surface area contributed by atoms with Gasteiger partial charge in [0.05, 0.1) is 10.6 Å². The number of halogens is 1. The molecule has 0 aromatic carbocycles. The van der Waals surface area contributed by atoms with Gasteiger partial charge in [0.15, 0.2) is 0 Å². The number of aromatic nitrogens is 1. The Morgan fingerprint density at radius 2 is 2.43 bits per heavy atom. The highest BCUT2D eigenvalue weighted by Crippen LogP contribution is 2.07. The third-order valence-corrected chi connectivity index (χ3v) is 1.73. The third-order valence-electron chi connectivity index (χ3n) is 1.52. The van der Waals surface area contributed by atoms with Crippen molar-refractivity contribution in [1.29, 1.82) is 0 Å². The molecule has 3 nitrogen and oxygen atoms in total. The molecule has 0 saturated heterocycles. The van der Waals surface area contributed by atoms with Crippen LogP contribution in [0.3, 0.4) is 0 Å². The summed E-state index contributed by atoms with van der Waals surface area (Å²) in [5.74, 6) is 2.22. The van der Waals surface area contributed by atoms with Crippen LogP contribution in [-0.4, -0.2) is 17.4 Å². The smallest absolute Gasteiger partial charge is 0.252 e. The predicted octanol–water partition coefficient (Wildman–Crippen LogP) is 1.49. The summed E-state index contributed by atoms with van der Waals surface area (Å²) in [7, 11) is 0. The molecule has 1 N–H and O–H groups in total. The molecule has 1 rings (SSSR count). The van der Waals surface area contributed by atoms with E-state index in [1.165, 1.54) is 12.4 Å². The molecule has 0 aliphatic carbocycles. The standard InChI is InChI=1S/C10H9ClN2O/c1-2-3-4-13-10(14)8-5-9(11)7-12-6-8/h1,5-7H,3-4H2,(H,13,14). The number of amides is 1. The zero-order chi connectivity index (χ0) is 10.4. The summed E-state index contributed by atoms with van der Waals surface area (Å²) in [5.41, 5.74) is 0.439. The SMILES string of the molecule is C#CCCNC(=O)c1cncc(Cl)c1. The van der Waals surface area contributed by atoms with Crippen molar-refractivity contribution in [3.63, 3.8) is 0 Å². The number of hydrogen-bond acceptors (Lipinski definition) is 2. The van der Waals surface area contributed by atoms with Gasteiger partial charge in [-0.1, -0.05) is 11.6 Å². The van der Waals surface area contributed by atoms with Crippen molar-refractivity contribution < 1.29 is 4.79 Å². The molecular weight excluding hydrogens is 200 g/mol. The maximum atomic E-state index is 11.4. The van der Waals surface area contributed by atoms with Gasteiger partial charge < -0.3 is 5.32 Å². The van der Waals surface area contributed by atoms with Crippen molar-refractivity contribution in [2.75, 3.05) is 6.54 Å². The summed E-state index contributed by atoms with van der Waals surface area (Å²) in [6.07, 6.45) is 8.48. The lowest BCUT2D eigenvalue weighted by Crippen LogP contribution is -2.24. The molecular formula is C10H9ClN2O. The zero-order valence-electron chi connectivity index (χ0n) is 7.46. The molecule has 14 heavy (non-hydrogen) atoms. The minimum absolute atomic E-state index is 0.213. The van der Waals surface area contributed by atoms with Crippen molar-refractivity contribution in [3.05, 3.63) is 29.0 Å². The predicted molar refractivity (Wildman–Crippen MR) is 55.0 cm³/mol. The topological polar surface area (TPSA) is 42.0 Å². The molecule has 0 saturated carbocycles. The van der Waals surface area contributed by atoms with Gasteiger partial charge in [-0.2, -0.15) is 0 Å². The van der Waals surface area contributed by atoms with Crippen LogP contribution in [0.4, 0.5) is 0 Å². The van der Waals surface area contributed by atoms with Crippen LogP contribution in [-0.2, 0) is 0 Å². The van der Waals surface area contributed by atoms with Gasteiger partial charge >= 0.3 is 0 Å². The number of terminal acetylenes is 1. The Hall–Kier alpha value is -1.53. The molecule has 0 atom stereocenters. The fourth-order valence-corrected chi connectivity index (χ4v) is 1.06. The highest BCUT2D eigenvalue weighted by molar-refractivity contribution is 6.30. The number of hydrogen-bond donors (Lipinski definition) is 1. The quantitative estimate of drug-likeness (QED) is 0.604. The second-order valence-electron chi connectivity index (χ2n) is 2.60. The van der Waals surface area contributed by atoms with E-state index in [-0.39, 0.29) is 5.91 Å². The number of nitrogens with zero attached hydrogens (tertiary/aromatic N) is 1. The highest BCUT2D eigenvalue weighted by Gasteiger charge is 2.04. The van der Waals surface area contributed by atoms with E-state index in [0.29, 0.717) is 23.6 Å². The number of carbonyl (C=O) groups excluding carboxylic acids is 1. The van der Waals surface area contributed by atoms with Crippen LogP contribution >= 0.6 is 11.6 Å². The number of rotatable bonds is 3. The largest absolute Gasteiger partial charge is 0.351 e. The number of nitrogens with one attached hydrogen (secondary N) is 1. The molecule has 4 heteroatoms. The Bertz CT molecular complexity index is 371. The van der Waals surface area contributed by atoms with Crippen molar-refractivity contribution >= 4 is 17.5 Å². The van der Waals surface area contributed by atoms with Gasteiger partial charge in [-0.3, -0.25) is 9.78 Å². The van der Waals surface area contributed by atoms with Crippen LogP contribution in [0, 0.1) is 12.3 Å².